The molecule has 106 valence electrons. The summed E-state index contributed by atoms with van der Waals surface area (Å²) in [6, 6.07) is 2.32. The fraction of sp³-hybridized carbons (Fsp3) is 0.308. The molecule has 7 heteroatoms. The molecule has 0 unspecified atom stereocenters. The van der Waals surface area contributed by atoms with Gasteiger partial charge < -0.3 is 4.52 Å². The summed E-state index contributed by atoms with van der Waals surface area (Å²) in [5.74, 6) is -1.73. The lowest BCUT2D eigenvalue weighted by molar-refractivity contribution is -0.118. The zero-order valence-electron chi connectivity index (χ0n) is 10.6. The van der Waals surface area contributed by atoms with E-state index >= 15 is 0 Å². The molecule has 0 saturated carbocycles. The zero-order chi connectivity index (χ0) is 14.7. The third kappa shape index (κ3) is 3.09. The van der Waals surface area contributed by atoms with E-state index in [4.69, 9.17) is 4.52 Å². The maximum Gasteiger partial charge on any atom is 0.234 e. The summed E-state index contributed by atoms with van der Waals surface area (Å²) in [7, 11) is 0. The van der Waals surface area contributed by atoms with E-state index in [2.05, 4.69) is 26.1 Å². The quantitative estimate of drug-likeness (QED) is 0.776. The molecule has 20 heavy (non-hydrogen) atoms. The average Bonchev–Trinajstić information content (AvgIpc) is 2.84. The maximum atomic E-state index is 13.4. The van der Waals surface area contributed by atoms with E-state index < -0.39 is 11.6 Å². The molecule has 2 rings (SSSR count). The van der Waals surface area contributed by atoms with Gasteiger partial charge in [0.25, 0.3) is 0 Å². The van der Waals surface area contributed by atoms with Crippen molar-refractivity contribution in [1.82, 2.24) is 10.1 Å². The van der Waals surface area contributed by atoms with Crippen molar-refractivity contribution in [1.29, 1.82) is 0 Å². The van der Waals surface area contributed by atoms with Crippen LogP contribution in [0.4, 0.5) is 8.78 Å². The molecule has 0 spiro atoms. The number of benzene rings is 1. The van der Waals surface area contributed by atoms with Gasteiger partial charge in [-0.2, -0.15) is 4.98 Å². The van der Waals surface area contributed by atoms with Gasteiger partial charge in [0.1, 0.15) is 5.78 Å². The highest BCUT2D eigenvalue weighted by Crippen LogP contribution is 2.29. The summed E-state index contributed by atoms with van der Waals surface area (Å²) < 4.78 is 31.3. The van der Waals surface area contributed by atoms with Crippen LogP contribution in [0.3, 0.4) is 0 Å². The lowest BCUT2D eigenvalue weighted by atomic mass is 10.2. The van der Waals surface area contributed by atoms with Crippen molar-refractivity contribution in [3.63, 3.8) is 0 Å². The molecule has 1 heterocycles. The van der Waals surface area contributed by atoms with E-state index in [1.54, 1.807) is 0 Å². The number of halogens is 3. The second-order valence-electron chi connectivity index (χ2n) is 4.20. The summed E-state index contributed by atoms with van der Waals surface area (Å²) in [6.07, 6.45) is 1.23. The van der Waals surface area contributed by atoms with Crippen LogP contribution in [0, 0.1) is 11.6 Å². The standard InChI is InChI=1S/C13H11BrF2N2O2/c1-2-3-7(19)6-10-17-13(18-20-10)8-4-5-9(15)12(16)11(8)14/h4-5H,2-3,6H2,1H3. The second kappa shape index (κ2) is 6.21. The Morgan fingerprint density at radius 3 is 2.85 bits per heavy atom. The lowest BCUT2D eigenvalue weighted by Crippen LogP contribution is -2.01. The smallest absolute Gasteiger partial charge is 0.234 e. The van der Waals surface area contributed by atoms with Crippen LogP contribution in [-0.4, -0.2) is 15.9 Å². The first kappa shape index (κ1) is 14.8. The number of Topliss-reactive ketones (excluding diaryl/α,β-unsaturated/α-hetero) is 1. The van der Waals surface area contributed by atoms with Crippen LogP contribution in [0.25, 0.3) is 11.4 Å². The van der Waals surface area contributed by atoms with Crippen LogP contribution >= 0.6 is 15.9 Å². The molecular weight excluding hydrogens is 334 g/mol. The monoisotopic (exact) mass is 344 g/mol. The molecule has 0 bridgehead atoms. The van der Waals surface area contributed by atoms with Crippen LogP contribution in [-0.2, 0) is 11.2 Å². The Balaban J connectivity index is 2.25. The van der Waals surface area contributed by atoms with E-state index in [9.17, 15) is 13.6 Å². The Kier molecular flexibility index (Phi) is 4.59. The largest absolute Gasteiger partial charge is 0.338 e. The predicted octanol–water partition coefficient (Wildman–Crippen LogP) is 3.69. The molecule has 0 aliphatic heterocycles. The van der Waals surface area contributed by atoms with E-state index in [0.29, 0.717) is 6.42 Å². The van der Waals surface area contributed by atoms with Gasteiger partial charge in [0, 0.05) is 12.0 Å². The SMILES string of the molecule is CCCC(=O)Cc1nc(-c2ccc(F)c(F)c2Br)no1. The molecule has 0 atom stereocenters. The van der Waals surface area contributed by atoms with Crippen LogP contribution in [0.5, 0.6) is 0 Å². The van der Waals surface area contributed by atoms with Gasteiger partial charge in [0.2, 0.25) is 11.7 Å². The predicted molar refractivity (Wildman–Crippen MR) is 71.0 cm³/mol. The number of carbonyl (C=O) groups is 1. The van der Waals surface area contributed by atoms with Gasteiger partial charge in [-0.05, 0) is 34.5 Å². The summed E-state index contributed by atoms with van der Waals surface area (Å²) >= 11 is 2.95. The first-order chi connectivity index (χ1) is 9.52. The van der Waals surface area contributed by atoms with Crippen LogP contribution in [0.1, 0.15) is 25.7 Å². The molecule has 0 saturated heterocycles. The Bertz CT molecular complexity index is 643. The fourth-order valence-corrected chi connectivity index (χ4v) is 2.17. The first-order valence-electron chi connectivity index (χ1n) is 6.01. The van der Waals surface area contributed by atoms with Gasteiger partial charge in [0.15, 0.2) is 11.6 Å². The third-order valence-corrected chi connectivity index (χ3v) is 3.40. The molecule has 0 radical (unpaired) electrons. The summed E-state index contributed by atoms with van der Waals surface area (Å²) in [5.41, 5.74) is 0.266. The average molecular weight is 345 g/mol. The van der Waals surface area contributed by atoms with E-state index in [0.717, 1.165) is 12.5 Å². The Hall–Kier alpha value is -1.63. The van der Waals surface area contributed by atoms with Crippen molar-refractivity contribution in [3.8, 4) is 11.4 Å². The van der Waals surface area contributed by atoms with Crippen molar-refractivity contribution in [2.75, 3.05) is 0 Å². The van der Waals surface area contributed by atoms with Crippen molar-refractivity contribution < 1.29 is 18.1 Å². The normalized spacial score (nSPS) is 10.8. The van der Waals surface area contributed by atoms with Crippen LogP contribution in [0.15, 0.2) is 21.1 Å². The molecular formula is C13H11BrF2N2O2. The van der Waals surface area contributed by atoms with Crippen molar-refractivity contribution in [3.05, 3.63) is 34.1 Å². The molecule has 1 aromatic heterocycles. The highest BCUT2D eigenvalue weighted by molar-refractivity contribution is 9.10. The number of ketones is 1. The van der Waals surface area contributed by atoms with E-state index in [-0.39, 0.29) is 34.0 Å². The number of hydrogen-bond donors (Lipinski definition) is 0. The van der Waals surface area contributed by atoms with Gasteiger partial charge in [-0.25, -0.2) is 8.78 Å². The van der Waals surface area contributed by atoms with Crippen molar-refractivity contribution in [2.24, 2.45) is 0 Å². The summed E-state index contributed by atoms with van der Waals surface area (Å²) in [4.78, 5) is 15.5. The number of rotatable bonds is 5. The topological polar surface area (TPSA) is 56.0 Å². The first-order valence-corrected chi connectivity index (χ1v) is 6.80. The summed E-state index contributed by atoms with van der Waals surface area (Å²) in [6.45, 7) is 1.90. The minimum absolute atomic E-state index is 0.00736. The van der Waals surface area contributed by atoms with Crippen LogP contribution < -0.4 is 0 Å². The molecule has 1 aromatic carbocycles. The lowest BCUT2D eigenvalue weighted by Gasteiger charge is -2.00. The molecule has 0 aliphatic rings. The Morgan fingerprint density at radius 1 is 1.40 bits per heavy atom. The highest BCUT2D eigenvalue weighted by Gasteiger charge is 2.18. The van der Waals surface area contributed by atoms with E-state index in [1.165, 1.54) is 6.07 Å². The number of carbonyl (C=O) groups excluding carboxylic acids is 1. The van der Waals surface area contributed by atoms with Gasteiger partial charge >= 0.3 is 0 Å². The second-order valence-corrected chi connectivity index (χ2v) is 4.99. The fourth-order valence-electron chi connectivity index (χ4n) is 1.67. The van der Waals surface area contributed by atoms with Crippen LogP contribution in [0.2, 0.25) is 0 Å². The van der Waals surface area contributed by atoms with Gasteiger partial charge in [-0.15, -0.1) is 0 Å². The molecule has 4 nitrogen and oxygen atoms in total. The number of aromatic nitrogens is 2. The Labute approximate surface area is 122 Å². The van der Waals surface area contributed by atoms with E-state index in [1.807, 2.05) is 6.92 Å². The minimum Gasteiger partial charge on any atom is -0.338 e. The molecule has 0 aliphatic carbocycles. The molecule has 0 N–H and O–H groups in total. The van der Waals surface area contributed by atoms with Crippen molar-refractivity contribution >= 4 is 21.7 Å². The van der Waals surface area contributed by atoms with Gasteiger partial charge in [-0.3, -0.25) is 4.79 Å². The van der Waals surface area contributed by atoms with Crippen molar-refractivity contribution in [2.45, 2.75) is 26.2 Å². The number of hydrogen-bond acceptors (Lipinski definition) is 4. The Morgan fingerprint density at radius 2 is 2.15 bits per heavy atom. The van der Waals surface area contributed by atoms with Gasteiger partial charge in [0.05, 0.1) is 10.9 Å². The number of nitrogens with zero attached hydrogens (tertiary/aromatic N) is 2. The minimum atomic E-state index is -1.02. The van der Waals surface area contributed by atoms with Gasteiger partial charge in [-0.1, -0.05) is 12.1 Å². The zero-order valence-corrected chi connectivity index (χ0v) is 12.2. The highest BCUT2D eigenvalue weighted by atomic mass is 79.9. The molecule has 0 fully saturated rings. The summed E-state index contributed by atoms with van der Waals surface area (Å²) in [5, 5.41) is 3.67. The molecule has 2 aromatic rings. The third-order valence-electron chi connectivity index (χ3n) is 2.62. The molecule has 0 amide bonds. The maximum absolute atomic E-state index is 13.4.